The molecule has 0 aliphatic carbocycles. The number of methoxy groups -OCH3 is 3. The summed E-state index contributed by atoms with van der Waals surface area (Å²) in [7, 11) is 4.72. The summed E-state index contributed by atoms with van der Waals surface area (Å²) in [5.74, 6) is 0.857. The maximum atomic E-state index is 6.67. The molecule has 11 heteroatoms. The Morgan fingerprint density at radius 3 is 2.36 bits per heavy atom. The van der Waals surface area contributed by atoms with E-state index in [1.165, 1.54) is 26.0 Å². The zero-order chi connectivity index (χ0) is 23.5. The second-order valence-corrected chi connectivity index (χ2v) is 8.45. The van der Waals surface area contributed by atoms with Crippen molar-refractivity contribution in [2.75, 3.05) is 34.2 Å². The van der Waals surface area contributed by atoms with Crippen molar-refractivity contribution in [2.45, 2.75) is 11.7 Å². The maximum Gasteiger partial charge on any atom is 0.187 e. The first-order chi connectivity index (χ1) is 16.0. The zero-order valence-corrected chi connectivity index (χ0v) is 20.8. The first-order valence-corrected chi connectivity index (χ1v) is 11.8. The number of pyridine rings is 1. The summed E-state index contributed by atoms with van der Waals surface area (Å²) in [6.45, 7) is 1.16. The van der Waals surface area contributed by atoms with Gasteiger partial charge in [0, 0.05) is 42.1 Å². The normalized spacial score (nSPS) is 11.2. The van der Waals surface area contributed by atoms with Crippen molar-refractivity contribution in [3.05, 3.63) is 40.8 Å². The van der Waals surface area contributed by atoms with Crippen LogP contribution < -0.4 is 9.47 Å². The molecule has 4 rings (SSSR count). The number of benzene rings is 1. The molecule has 8 nitrogen and oxygen atoms in total. The number of hydrogen-bond acceptors (Lipinski definition) is 8. The Balaban J connectivity index is 1.98. The molecule has 0 saturated carbocycles. The minimum Gasteiger partial charge on any atom is -0.495 e. The summed E-state index contributed by atoms with van der Waals surface area (Å²) in [5, 5.41) is 6.52. The average molecular weight is 506 g/mol. The van der Waals surface area contributed by atoms with Crippen molar-refractivity contribution in [1.29, 1.82) is 0 Å². The van der Waals surface area contributed by atoms with E-state index in [-0.39, 0.29) is 0 Å². The molecule has 4 aromatic rings. The number of ether oxygens (including phenoxy) is 3. The van der Waals surface area contributed by atoms with Crippen LogP contribution in [0.15, 0.2) is 35.9 Å². The van der Waals surface area contributed by atoms with Crippen LogP contribution in [-0.2, 0) is 11.3 Å². The summed E-state index contributed by atoms with van der Waals surface area (Å²) < 4.78 is 17.8. The van der Waals surface area contributed by atoms with Crippen LogP contribution in [0.1, 0.15) is 0 Å². The van der Waals surface area contributed by atoms with Gasteiger partial charge in [-0.1, -0.05) is 35.0 Å². The van der Waals surface area contributed by atoms with Gasteiger partial charge in [-0.25, -0.2) is 15.0 Å². The predicted octanol–water partition coefficient (Wildman–Crippen LogP) is 5.25. The molecule has 0 spiro atoms. The van der Waals surface area contributed by atoms with Crippen LogP contribution in [0, 0.1) is 0 Å². The van der Waals surface area contributed by atoms with Crippen LogP contribution >= 0.6 is 35.0 Å². The van der Waals surface area contributed by atoms with Crippen molar-refractivity contribution in [3.63, 3.8) is 0 Å². The van der Waals surface area contributed by atoms with Gasteiger partial charge in [0.05, 0.1) is 49.3 Å². The first-order valence-electron chi connectivity index (χ1n) is 9.84. The minimum absolute atomic E-state index is 0.332. The number of thioether (sulfide) groups is 1. The molecule has 0 radical (unpaired) electrons. The van der Waals surface area contributed by atoms with E-state index < -0.39 is 0 Å². The van der Waals surface area contributed by atoms with Gasteiger partial charge >= 0.3 is 0 Å². The Hall–Kier alpha value is -2.59. The smallest absolute Gasteiger partial charge is 0.187 e. The SMILES string of the molecule is COCCn1cc(-c2nc(-c3c(Cl)c(OC)cc(OC)c3Cl)cc3cnc(SC)nc23)cn1. The van der Waals surface area contributed by atoms with Gasteiger partial charge in [-0.05, 0) is 12.3 Å². The molecule has 0 N–H and O–H groups in total. The van der Waals surface area contributed by atoms with Crippen molar-refractivity contribution < 1.29 is 14.2 Å². The molecular weight excluding hydrogens is 485 g/mol. The van der Waals surface area contributed by atoms with Crippen LogP contribution in [0.5, 0.6) is 11.5 Å². The van der Waals surface area contributed by atoms with Crippen molar-refractivity contribution >= 4 is 45.9 Å². The van der Waals surface area contributed by atoms with Gasteiger partial charge in [-0.2, -0.15) is 5.10 Å². The van der Waals surface area contributed by atoms with Gasteiger partial charge < -0.3 is 14.2 Å². The fourth-order valence-electron chi connectivity index (χ4n) is 3.35. The molecule has 0 fully saturated rings. The van der Waals surface area contributed by atoms with Crippen molar-refractivity contribution in [3.8, 4) is 34.0 Å². The quantitative estimate of drug-likeness (QED) is 0.237. The second kappa shape index (κ2) is 10.1. The summed E-state index contributed by atoms with van der Waals surface area (Å²) in [6.07, 6.45) is 7.34. The highest BCUT2D eigenvalue weighted by atomic mass is 35.5. The van der Waals surface area contributed by atoms with E-state index in [9.17, 15) is 0 Å². The Bertz CT molecular complexity index is 1290. The summed E-state index contributed by atoms with van der Waals surface area (Å²) >= 11 is 14.8. The summed E-state index contributed by atoms with van der Waals surface area (Å²) in [6, 6.07) is 3.49. The minimum atomic E-state index is 0.332. The molecule has 172 valence electrons. The highest BCUT2D eigenvalue weighted by Gasteiger charge is 2.22. The Kier molecular flexibility index (Phi) is 7.23. The molecule has 0 atom stereocenters. The monoisotopic (exact) mass is 505 g/mol. The molecule has 3 aromatic heterocycles. The maximum absolute atomic E-state index is 6.67. The van der Waals surface area contributed by atoms with E-state index in [4.69, 9.17) is 47.4 Å². The standard InChI is InChI=1S/C22H21Cl2N5O3S/c1-30-6-5-29-11-13(10-26-29)21-20-12(9-25-22(28-20)33-4)7-14(27-21)17-18(23)15(31-2)8-16(32-3)19(17)24/h7-11H,5-6H2,1-4H3. The van der Waals surface area contributed by atoms with E-state index in [0.29, 0.717) is 62.3 Å². The molecule has 3 heterocycles. The van der Waals surface area contributed by atoms with Gasteiger partial charge in [0.2, 0.25) is 0 Å². The molecule has 0 aliphatic heterocycles. The van der Waals surface area contributed by atoms with Crippen LogP contribution in [0.25, 0.3) is 33.4 Å². The third kappa shape index (κ3) is 4.59. The lowest BCUT2D eigenvalue weighted by molar-refractivity contribution is 0.183. The fraction of sp³-hybridized carbons (Fsp3) is 0.273. The molecule has 0 aliphatic rings. The average Bonchev–Trinajstić information content (AvgIpc) is 3.31. The molecule has 33 heavy (non-hydrogen) atoms. The number of halogens is 2. The van der Waals surface area contributed by atoms with Crippen LogP contribution in [0.4, 0.5) is 0 Å². The summed E-state index contributed by atoms with van der Waals surface area (Å²) in [5.41, 5.74) is 3.17. The third-order valence-electron chi connectivity index (χ3n) is 4.99. The number of rotatable bonds is 8. The topological polar surface area (TPSA) is 84.2 Å². The van der Waals surface area contributed by atoms with Gasteiger partial charge in [-0.15, -0.1) is 0 Å². The lowest BCUT2D eigenvalue weighted by Gasteiger charge is -2.15. The van der Waals surface area contributed by atoms with E-state index in [2.05, 4.69) is 10.1 Å². The molecule has 0 unspecified atom stereocenters. The third-order valence-corrected chi connectivity index (χ3v) is 6.30. The Labute approximate surface area is 205 Å². The van der Waals surface area contributed by atoms with E-state index in [1.54, 1.807) is 30.3 Å². The van der Waals surface area contributed by atoms with Gasteiger partial charge in [0.1, 0.15) is 22.7 Å². The lowest BCUT2D eigenvalue weighted by atomic mass is 10.1. The number of hydrogen-bond donors (Lipinski definition) is 0. The largest absolute Gasteiger partial charge is 0.495 e. The fourth-order valence-corrected chi connectivity index (χ4v) is 4.39. The predicted molar refractivity (Wildman–Crippen MR) is 131 cm³/mol. The van der Waals surface area contributed by atoms with Gasteiger partial charge in [0.25, 0.3) is 0 Å². The van der Waals surface area contributed by atoms with Crippen LogP contribution in [-0.4, -0.2) is 58.9 Å². The molecule has 0 bridgehead atoms. The highest BCUT2D eigenvalue weighted by Crippen LogP contribution is 2.46. The van der Waals surface area contributed by atoms with Crippen LogP contribution in [0.3, 0.4) is 0 Å². The first kappa shape index (κ1) is 23.6. The van der Waals surface area contributed by atoms with Crippen molar-refractivity contribution in [1.82, 2.24) is 24.7 Å². The number of nitrogens with zero attached hydrogens (tertiary/aromatic N) is 5. The van der Waals surface area contributed by atoms with Gasteiger partial charge in [0.15, 0.2) is 5.16 Å². The van der Waals surface area contributed by atoms with E-state index in [1.807, 2.05) is 18.5 Å². The van der Waals surface area contributed by atoms with Gasteiger partial charge in [-0.3, -0.25) is 4.68 Å². The molecule has 0 saturated heterocycles. The number of aromatic nitrogens is 5. The van der Waals surface area contributed by atoms with Crippen molar-refractivity contribution in [2.24, 2.45) is 0 Å². The zero-order valence-electron chi connectivity index (χ0n) is 18.4. The molecule has 0 amide bonds. The Morgan fingerprint density at radius 2 is 1.73 bits per heavy atom. The summed E-state index contributed by atoms with van der Waals surface area (Å²) in [4.78, 5) is 14.0. The molecular formula is C22H21Cl2N5O3S. The van der Waals surface area contributed by atoms with Crippen LogP contribution in [0.2, 0.25) is 10.0 Å². The second-order valence-electron chi connectivity index (χ2n) is 6.92. The van der Waals surface area contributed by atoms with E-state index in [0.717, 1.165) is 10.9 Å². The number of fused-ring (bicyclic) bond motifs is 1. The van der Waals surface area contributed by atoms with E-state index >= 15 is 0 Å². The Morgan fingerprint density at radius 1 is 1.00 bits per heavy atom. The highest BCUT2D eigenvalue weighted by molar-refractivity contribution is 7.98. The molecule has 1 aromatic carbocycles. The lowest BCUT2D eigenvalue weighted by Crippen LogP contribution is -2.03.